The molecule has 4 rings (SSSR count). The molecule has 2 fully saturated rings. The molecule has 2 aromatic rings. The first-order chi connectivity index (χ1) is 14.0. The van der Waals surface area contributed by atoms with Gasteiger partial charge in [0.05, 0.1) is 5.56 Å². The van der Waals surface area contributed by atoms with Crippen LogP contribution in [-0.4, -0.2) is 28.9 Å². The van der Waals surface area contributed by atoms with Gasteiger partial charge in [-0.1, -0.05) is 30.3 Å². The Balaban J connectivity index is 1.44. The van der Waals surface area contributed by atoms with Crippen LogP contribution in [-0.2, 0) is 11.3 Å². The van der Waals surface area contributed by atoms with Crippen molar-refractivity contribution < 1.29 is 23.1 Å². The number of carbonyl (C=O) groups excluding carboxylic acids is 2. The van der Waals surface area contributed by atoms with Gasteiger partial charge in [0.25, 0.3) is 0 Å². The van der Waals surface area contributed by atoms with Crippen molar-refractivity contribution in [2.24, 2.45) is 5.92 Å². The lowest BCUT2D eigenvalue weighted by molar-refractivity contribution is 0.00464. The summed E-state index contributed by atoms with van der Waals surface area (Å²) in [7, 11) is 0. The van der Waals surface area contributed by atoms with Crippen molar-refractivity contribution in [2.75, 3.05) is 0 Å². The highest BCUT2D eigenvalue weighted by Gasteiger charge is 2.44. The normalized spacial score (nSPS) is 23.5. The van der Waals surface area contributed by atoms with E-state index in [2.05, 4.69) is 0 Å². The second-order valence-electron chi connectivity index (χ2n) is 7.84. The van der Waals surface area contributed by atoms with Crippen LogP contribution in [0.5, 0.6) is 0 Å². The van der Waals surface area contributed by atoms with Crippen molar-refractivity contribution in [2.45, 2.75) is 50.8 Å². The minimum absolute atomic E-state index is 0.0745. The lowest BCUT2D eigenvalue weighted by Crippen LogP contribution is -2.55. The van der Waals surface area contributed by atoms with E-state index in [0.29, 0.717) is 12.8 Å². The maximum atomic E-state index is 14.1. The SMILES string of the molecule is O=C(c1ccc(F)cc1F)C1CC2CCCC(C1)N2C(=O)OCc1ccccc1. The van der Waals surface area contributed by atoms with Crippen LogP contribution in [0.25, 0.3) is 0 Å². The standard InChI is InChI=1S/C23H23F2NO3/c24-17-9-10-20(21(25)13-17)22(27)16-11-18-7-4-8-19(12-16)26(18)23(28)29-14-15-5-2-1-3-6-15/h1-3,5-6,9-10,13,16,18-19H,4,7-8,11-12,14H2. The molecule has 0 radical (unpaired) electrons. The number of nitrogens with zero attached hydrogens (tertiary/aromatic N) is 1. The van der Waals surface area contributed by atoms with Crippen molar-refractivity contribution in [1.29, 1.82) is 0 Å². The molecule has 2 heterocycles. The van der Waals surface area contributed by atoms with E-state index in [9.17, 15) is 18.4 Å². The van der Waals surface area contributed by atoms with E-state index in [0.717, 1.165) is 37.0 Å². The van der Waals surface area contributed by atoms with Gasteiger partial charge in [0.1, 0.15) is 18.2 Å². The predicted octanol–water partition coefficient (Wildman–Crippen LogP) is 5.12. The maximum Gasteiger partial charge on any atom is 0.410 e. The Labute approximate surface area is 168 Å². The minimum Gasteiger partial charge on any atom is -0.445 e. The number of fused-ring (bicyclic) bond motifs is 2. The van der Waals surface area contributed by atoms with Crippen LogP contribution in [0.3, 0.4) is 0 Å². The molecule has 2 bridgehead atoms. The third-order valence-corrected chi connectivity index (χ3v) is 5.96. The van der Waals surface area contributed by atoms with Gasteiger partial charge >= 0.3 is 6.09 Å². The molecule has 0 spiro atoms. The third-order valence-electron chi connectivity index (χ3n) is 5.96. The van der Waals surface area contributed by atoms with Crippen LogP contribution in [0, 0.1) is 17.6 Å². The molecule has 2 atom stereocenters. The average molecular weight is 399 g/mol. The Kier molecular flexibility index (Phi) is 5.60. The van der Waals surface area contributed by atoms with Crippen LogP contribution in [0.2, 0.25) is 0 Å². The lowest BCUT2D eigenvalue weighted by Gasteiger charge is -2.47. The number of Topliss-reactive ketones (excluding diaryl/α,β-unsaturated/α-hetero) is 1. The number of amides is 1. The van der Waals surface area contributed by atoms with Gasteiger partial charge in [-0.15, -0.1) is 0 Å². The fourth-order valence-corrected chi connectivity index (χ4v) is 4.60. The Bertz CT molecular complexity index is 888. The van der Waals surface area contributed by atoms with Crippen LogP contribution >= 0.6 is 0 Å². The number of benzene rings is 2. The Morgan fingerprint density at radius 1 is 1.00 bits per heavy atom. The van der Waals surface area contributed by atoms with Crippen molar-refractivity contribution in [3.05, 3.63) is 71.3 Å². The molecule has 0 N–H and O–H groups in total. The van der Waals surface area contributed by atoms with Crippen molar-refractivity contribution in [1.82, 2.24) is 4.90 Å². The van der Waals surface area contributed by atoms with Gasteiger partial charge < -0.3 is 9.64 Å². The number of hydrogen-bond acceptors (Lipinski definition) is 3. The summed E-state index contributed by atoms with van der Waals surface area (Å²) in [5.74, 6) is -2.21. The topological polar surface area (TPSA) is 46.6 Å². The van der Waals surface area contributed by atoms with E-state index in [1.54, 1.807) is 4.90 Å². The van der Waals surface area contributed by atoms with E-state index in [-0.39, 0.29) is 42.0 Å². The number of hydrogen-bond donors (Lipinski definition) is 0. The zero-order valence-electron chi connectivity index (χ0n) is 16.0. The fraction of sp³-hybridized carbons (Fsp3) is 0.391. The molecule has 2 aliphatic heterocycles. The van der Waals surface area contributed by atoms with Gasteiger partial charge in [0.15, 0.2) is 5.78 Å². The molecule has 0 aliphatic carbocycles. The van der Waals surface area contributed by atoms with Gasteiger partial charge in [0, 0.05) is 24.1 Å². The number of halogens is 2. The summed E-state index contributed by atoms with van der Waals surface area (Å²) in [6.45, 7) is 0.207. The zero-order chi connectivity index (χ0) is 20.4. The van der Waals surface area contributed by atoms with Crippen molar-refractivity contribution in [3.63, 3.8) is 0 Å². The first kappa shape index (κ1) is 19.6. The zero-order valence-corrected chi connectivity index (χ0v) is 16.0. The number of piperidine rings is 2. The van der Waals surface area contributed by atoms with Gasteiger partial charge in [-0.2, -0.15) is 0 Å². The summed E-state index contributed by atoms with van der Waals surface area (Å²) in [6, 6.07) is 12.4. The molecule has 2 unspecified atom stereocenters. The second kappa shape index (κ2) is 8.31. The monoisotopic (exact) mass is 399 g/mol. The van der Waals surface area contributed by atoms with E-state index < -0.39 is 11.6 Å². The van der Waals surface area contributed by atoms with Crippen LogP contribution in [0.4, 0.5) is 13.6 Å². The predicted molar refractivity (Wildman–Crippen MR) is 103 cm³/mol. The molecule has 29 heavy (non-hydrogen) atoms. The Hall–Kier alpha value is -2.76. The van der Waals surface area contributed by atoms with Crippen molar-refractivity contribution in [3.8, 4) is 0 Å². The third kappa shape index (κ3) is 4.16. The summed E-state index contributed by atoms with van der Waals surface area (Å²) in [4.78, 5) is 27.4. The number of carbonyl (C=O) groups is 2. The van der Waals surface area contributed by atoms with E-state index >= 15 is 0 Å². The first-order valence-electron chi connectivity index (χ1n) is 10.0. The molecule has 2 aliphatic rings. The highest BCUT2D eigenvalue weighted by atomic mass is 19.1. The Morgan fingerprint density at radius 3 is 2.34 bits per heavy atom. The first-order valence-corrected chi connectivity index (χ1v) is 10.0. The average Bonchev–Trinajstić information content (AvgIpc) is 2.71. The van der Waals surface area contributed by atoms with Gasteiger partial charge in [-0.05, 0) is 49.8 Å². The largest absolute Gasteiger partial charge is 0.445 e. The lowest BCUT2D eigenvalue weighted by atomic mass is 9.76. The second-order valence-corrected chi connectivity index (χ2v) is 7.84. The summed E-state index contributed by atoms with van der Waals surface area (Å²) in [6.07, 6.45) is 3.18. The summed E-state index contributed by atoms with van der Waals surface area (Å²) in [5.41, 5.74) is 0.845. The van der Waals surface area contributed by atoms with E-state index in [4.69, 9.17) is 4.74 Å². The Morgan fingerprint density at radius 2 is 1.69 bits per heavy atom. The van der Waals surface area contributed by atoms with Gasteiger partial charge in [-0.25, -0.2) is 13.6 Å². The molecule has 2 saturated heterocycles. The quantitative estimate of drug-likeness (QED) is 0.671. The molecule has 1 amide bonds. The molecule has 4 nitrogen and oxygen atoms in total. The molecular formula is C23H23F2NO3. The van der Waals surface area contributed by atoms with Gasteiger partial charge in [-0.3, -0.25) is 4.79 Å². The molecular weight excluding hydrogens is 376 g/mol. The summed E-state index contributed by atoms with van der Waals surface area (Å²) in [5, 5.41) is 0. The molecule has 6 heteroatoms. The number of ketones is 1. The molecule has 2 aromatic carbocycles. The number of rotatable bonds is 4. The summed E-state index contributed by atoms with van der Waals surface area (Å²) < 4.78 is 32.8. The molecule has 0 aromatic heterocycles. The molecule has 152 valence electrons. The van der Waals surface area contributed by atoms with Crippen molar-refractivity contribution >= 4 is 11.9 Å². The summed E-state index contributed by atoms with van der Waals surface area (Å²) >= 11 is 0. The highest BCUT2D eigenvalue weighted by Crippen LogP contribution is 2.39. The highest BCUT2D eigenvalue weighted by molar-refractivity contribution is 5.98. The maximum absolute atomic E-state index is 14.1. The van der Waals surface area contributed by atoms with E-state index in [1.165, 1.54) is 6.07 Å². The van der Waals surface area contributed by atoms with Crippen LogP contribution in [0.15, 0.2) is 48.5 Å². The smallest absolute Gasteiger partial charge is 0.410 e. The van der Waals surface area contributed by atoms with E-state index in [1.807, 2.05) is 30.3 Å². The van der Waals surface area contributed by atoms with Crippen LogP contribution in [0.1, 0.15) is 48.0 Å². The fourth-order valence-electron chi connectivity index (χ4n) is 4.60. The molecule has 0 saturated carbocycles. The number of ether oxygens (including phenoxy) is 1. The van der Waals surface area contributed by atoms with Gasteiger partial charge in [0.2, 0.25) is 0 Å². The minimum atomic E-state index is -0.829. The van der Waals surface area contributed by atoms with Crippen LogP contribution < -0.4 is 0 Å².